The normalized spacial score (nSPS) is 10.2. The smallest absolute Gasteiger partial charge is 0.303 e. The van der Waals surface area contributed by atoms with Crippen molar-refractivity contribution >= 4 is 17.6 Å². The number of rotatable bonds is 4. The molecule has 1 heterocycles. The molecule has 1 aromatic carbocycles. The molecular formula is C15H16N2O4. The van der Waals surface area contributed by atoms with Gasteiger partial charge >= 0.3 is 5.97 Å². The van der Waals surface area contributed by atoms with Crippen molar-refractivity contribution in [3.63, 3.8) is 0 Å². The van der Waals surface area contributed by atoms with Gasteiger partial charge in [0.15, 0.2) is 18.1 Å². The molecule has 110 valence electrons. The van der Waals surface area contributed by atoms with E-state index >= 15 is 0 Å². The van der Waals surface area contributed by atoms with Crippen molar-refractivity contribution < 1.29 is 18.8 Å². The Labute approximate surface area is 122 Å². The van der Waals surface area contributed by atoms with Crippen LogP contribution in [-0.4, -0.2) is 17.0 Å². The van der Waals surface area contributed by atoms with Crippen LogP contribution in [0.15, 0.2) is 28.8 Å². The first-order chi connectivity index (χ1) is 9.97. The highest BCUT2D eigenvalue weighted by Gasteiger charge is 2.15. The van der Waals surface area contributed by atoms with Crippen LogP contribution in [0.4, 0.5) is 5.69 Å². The summed E-state index contributed by atoms with van der Waals surface area (Å²) in [6, 6.07) is 7.20. The average molecular weight is 288 g/mol. The lowest BCUT2D eigenvalue weighted by atomic mass is 10.1. The van der Waals surface area contributed by atoms with Gasteiger partial charge in [-0.1, -0.05) is 23.4 Å². The van der Waals surface area contributed by atoms with Crippen molar-refractivity contribution in [1.29, 1.82) is 0 Å². The van der Waals surface area contributed by atoms with Crippen LogP contribution >= 0.6 is 0 Å². The van der Waals surface area contributed by atoms with Gasteiger partial charge in [-0.05, 0) is 25.0 Å². The predicted octanol–water partition coefficient (Wildman–Crippen LogP) is 2.61. The maximum atomic E-state index is 12.1. The number of amides is 1. The largest absolute Gasteiger partial charge is 0.458 e. The lowest BCUT2D eigenvalue weighted by molar-refractivity contribution is -0.142. The van der Waals surface area contributed by atoms with Crippen molar-refractivity contribution in [3.8, 4) is 0 Å². The van der Waals surface area contributed by atoms with E-state index in [4.69, 9.17) is 9.26 Å². The molecule has 0 bridgehead atoms. The number of carbonyl (C=O) groups is 2. The number of para-hydroxylation sites is 1. The van der Waals surface area contributed by atoms with Crippen LogP contribution in [0.1, 0.15) is 34.3 Å². The maximum absolute atomic E-state index is 12.1. The lowest BCUT2D eigenvalue weighted by Crippen LogP contribution is -2.14. The Balaban J connectivity index is 2.09. The standard InChI is InChI=1S/C15H16N2O4/c1-9-5-4-6-10(2)14(9)16-15(19)13-7-12(21-17-13)8-20-11(3)18/h4-7H,8H2,1-3H3,(H,16,19). The number of ether oxygens (including phenoxy) is 1. The Bertz CT molecular complexity index is 656. The highest BCUT2D eigenvalue weighted by molar-refractivity contribution is 6.03. The molecule has 1 amide bonds. The third kappa shape index (κ3) is 3.68. The minimum absolute atomic E-state index is 0.0427. The van der Waals surface area contributed by atoms with Gasteiger partial charge in [-0.15, -0.1) is 0 Å². The third-order valence-corrected chi connectivity index (χ3v) is 2.93. The second kappa shape index (κ2) is 6.21. The van der Waals surface area contributed by atoms with Crippen LogP contribution in [0.3, 0.4) is 0 Å². The zero-order chi connectivity index (χ0) is 15.4. The van der Waals surface area contributed by atoms with Crippen molar-refractivity contribution in [1.82, 2.24) is 5.16 Å². The Morgan fingerprint density at radius 3 is 2.57 bits per heavy atom. The van der Waals surface area contributed by atoms with Gasteiger partial charge in [-0.3, -0.25) is 9.59 Å². The number of aromatic nitrogens is 1. The minimum Gasteiger partial charge on any atom is -0.458 e. The van der Waals surface area contributed by atoms with Crippen LogP contribution in [0.2, 0.25) is 0 Å². The molecule has 2 aromatic rings. The number of nitrogens with one attached hydrogen (secondary N) is 1. The number of anilines is 1. The molecule has 6 nitrogen and oxygen atoms in total. The van der Waals surface area contributed by atoms with Gasteiger partial charge in [0.2, 0.25) is 0 Å². The summed E-state index contributed by atoms with van der Waals surface area (Å²) in [5.41, 5.74) is 2.82. The van der Waals surface area contributed by atoms with Gasteiger partial charge < -0.3 is 14.6 Å². The van der Waals surface area contributed by atoms with E-state index in [-0.39, 0.29) is 18.2 Å². The average Bonchev–Trinajstić information content (AvgIpc) is 2.89. The molecule has 0 aliphatic rings. The van der Waals surface area contributed by atoms with E-state index in [0.29, 0.717) is 5.76 Å². The van der Waals surface area contributed by atoms with Crippen LogP contribution in [0.5, 0.6) is 0 Å². The van der Waals surface area contributed by atoms with E-state index in [1.54, 1.807) is 0 Å². The number of hydrogen-bond donors (Lipinski definition) is 1. The van der Waals surface area contributed by atoms with E-state index in [1.165, 1.54) is 13.0 Å². The molecular weight excluding hydrogens is 272 g/mol. The van der Waals surface area contributed by atoms with Gasteiger partial charge in [0.05, 0.1) is 0 Å². The first-order valence-corrected chi connectivity index (χ1v) is 6.44. The number of nitrogens with zero attached hydrogens (tertiary/aromatic N) is 1. The zero-order valence-electron chi connectivity index (χ0n) is 12.1. The molecule has 0 saturated carbocycles. The highest BCUT2D eigenvalue weighted by atomic mass is 16.5. The van der Waals surface area contributed by atoms with Crippen molar-refractivity contribution in [2.75, 3.05) is 5.32 Å². The zero-order valence-corrected chi connectivity index (χ0v) is 12.1. The molecule has 1 N–H and O–H groups in total. The monoisotopic (exact) mass is 288 g/mol. The van der Waals surface area contributed by atoms with E-state index in [9.17, 15) is 9.59 Å². The molecule has 0 unspecified atom stereocenters. The van der Waals surface area contributed by atoms with Crippen LogP contribution in [-0.2, 0) is 16.1 Å². The number of hydrogen-bond acceptors (Lipinski definition) is 5. The fourth-order valence-electron chi connectivity index (χ4n) is 1.85. The molecule has 1 aromatic heterocycles. The SMILES string of the molecule is CC(=O)OCc1cc(C(=O)Nc2c(C)cccc2C)no1. The van der Waals surface area contributed by atoms with Crippen LogP contribution in [0.25, 0.3) is 0 Å². The fraction of sp³-hybridized carbons (Fsp3) is 0.267. The van der Waals surface area contributed by atoms with Crippen molar-refractivity contribution in [2.45, 2.75) is 27.4 Å². The fourth-order valence-corrected chi connectivity index (χ4v) is 1.85. The summed E-state index contributed by atoms with van der Waals surface area (Å²) >= 11 is 0. The topological polar surface area (TPSA) is 81.4 Å². The second-order valence-electron chi connectivity index (χ2n) is 4.68. The summed E-state index contributed by atoms with van der Waals surface area (Å²) in [6.07, 6.45) is 0. The first-order valence-electron chi connectivity index (χ1n) is 6.44. The predicted molar refractivity (Wildman–Crippen MR) is 75.8 cm³/mol. The summed E-state index contributed by atoms with van der Waals surface area (Å²) in [7, 11) is 0. The molecule has 0 saturated heterocycles. The number of esters is 1. The van der Waals surface area contributed by atoms with Crippen molar-refractivity contribution in [3.05, 3.63) is 46.8 Å². The highest BCUT2D eigenvalue weighted by Crippen LogP contribution is 2.20. The van der Waals surface area contributed by atoms with Gasteiger partial charge in [-0.2, -0.15) is 0 Å². The molecule has 0 aliphatic heterocycles. The van der Waals surface area contributed by atoms with E-state index in [0.717, 1.165) is 16.8 Å². The summed E-state index contributed by atoms with van der Waals surface area (Å²) in [5.74, 6) is -0.477. The molecule has 6 heteroatoms. The van der Waals surface area contributed by atoms with Gasteiger partial charge in [0.25, 0.3) is 5.91 Å². The summed E-state index contributed by atoms with van der Waals surface area (Å²) in [4.78, 5) is 22.8. The maximum Gasteiger partial charge on any atom is 0.303 e. The number of carbonyl (C=O) groups excluding carboxylic acids is 2. The summed E-state index contributed by atoms with van der Waals surface area (Å²) < 4.78 is 9.72. The molecule has 0 radical (unpaired) electrons. The molecule has 21 heavy (non-hydrogen) atoms. The Morgan fingerprint density at radius 2 is 1.95 bits per heavy atom. The van der Waals surface area contributed by atoms with Gasteiger partial charge in [0, 0.05) is 18.7 Å². The van der Waals surface area contributed by atoms with Crippen LogP contribution < -0.4 is 5.32 Å². The lowest BCUT2D eigenvalue weighted by Gasteiger charge is -2.09. The van der Waals surface area contributed by atoms with Crippen molar-refractivity contribution in [2.24, 2.45) is 0 Å². The molecule has 2 rings (SSSR count). The Kier molecular flexibility index (Phi) is 4.37. The number of aryl methyl sites for hydroxylation is 2. The Morgan fingerprint density at radius 1 is 1.29 bits per heavy atom. The molecule has 0 fully saturated rings. The van der Waals surface area contributed by atoms with E-state index < -0.39 is 5.97 Å². The molecule has 0 aliphatic carbocycles. The minimum atomic E-state index is -0.423. The molecule has 0 atom stereocenters. The molecule has 0 spiro atoms. The summed E-state index contributed by atoms with van der Waals surface area (Å²) in [5, 5.41) is 6.48. The summed E-state index contributed by atoms with van der Waals surface area (Å²) in [6.45, 7) is 5.08. The third-order valence-electron chi connectivity index (χ3n) is 2.93. The first kappa shape index (κ1) is 14.8. The van der Waals surface area contributed by atoms with Gasteiger partial charge in [-0.25, -0.2) is 0 Å². The Hall–Kier alpha value is -2.63. The second-order valence-corrected chi connectivity index (χ2v) is 4.68. The van der Waals surface area contributed by atoms with Gasteiger partial charge in [0.1, 0.15) is 0 Å². The quantitative estimate of drug-likeness (QED) is 0.874. The van der Waals surface area contributed by atoms with E-state index in [2.05, 4.69) is 10.5 Å². The van der Waals surface area contributed by atoms with E-state index in [1.807, 2.05) is 32.0 Å². The number of benzene rings is 1. The van der Waals surface area contributed by atoms with Crippen LogP contribution in [0, 0.1) is 13.8 Å².